The quantitative estimate of drug-likeness (QED) is 0.630. The Bertz CT molecular complexity index is 796. The molecule has 1 aliphatic heterocycles. The van der Waals surface area contributed by atoms with E-state index < -0.39 is 0 Å². The highest BCUT2D eigenvalue weighted by atomic mass is 32.1. The largest absolute Gasteiger partial charge is 0.493 e. The molecule has 1 unspecified atom stereocenters. The molecule has 0 spiro atoms. The third-order valence-corrected chi connectivity index (χ3v) is 4.84. The first-order valence-electron chi connectivity index (χ1n) is 7.96. The summed E-state index contributed by atoms with van der Waals surface area (Å²) in [5.41, 5.74) is 2.63. The first-order valence-corrected chi connectivity index (χ1v) is 8.37. The van der Waals surface area contributed by atoms with E-state index in [0.717, 1.165) is 42.4 Å². The van der Waals surface area contributed by atoms with E-state index in [-0.39, 0.29) is 0 Å². The molecule has 0 saturated heterocycles. The Labute approximate surface area is 146 Å². The monoisotopic (exact) mass is 347 g/mol. The molecule has 1 atom stereocenters. The van der Waals surface area contributed by atoms with Crippen molar-refractivity contribution in [3.05, 3.63) is 47.0 Å². The van der Waals surface area contributed by atoms with Crippen molar-refractivity contribution >= 4 is 12.2 Å². The van der Waals surface area contributed by atoms with Crippen LogP contribution in [-0.2, 0) is 26.2 Å². The minimum absolute atomic E-state index is 0.688. The van der Waals surface area contributed by atoms with Gasteiger partial charge in [-0.1, -0.05) is 6.08 Å². The number of hydrogen-bond donors (Lipinski definition) is 1. The molecule has 1 aliphatic rings. The number of allylic oxidation sites excluding steroid dienone is 1. The molecule has 3 rings (SSSR count). The Morgan fingerprint density at radius 2 is 2.00 bits per heavy atom. The van der Waals surface area contributed by atoms with Crippen molar-refractivity contribution in [1.29, 1.82) is 0 Å². The predicted octanol–water partition coefficient (Wildman–Crippen LogP) is 1.22. The van der Waals surface area contributed by atoms with Gasteiger partial charge in [-0.05, 0) is 29.9 Å². The fraction of sp³-hybridized carbons (Fsp3) is 0.412. The lowest BCUT2D eigenvalue weighted by Gasteiger charge is -2.26. The van der Waals surface area contributed by atoms with Crippen LogP contribution in [0.25, 0.3) is 0 Å². The lowest BCUT2D eigenvalue weighted by Crippen LogP contribution is -3.11. The van der Waals surface area contributed by atoms with E-state index in [2.05, 4.69) is 23.8 Å². The molecule has 0 radical (unpaired) electrons. The SMILES string of the molecule is C=CCn1cnn(C[NH+]2CCc3cc(OC)c(OC)cc3C2)c1=S. The van der Waals surface area contributed by atoms with Gasteiger partial charge in [-0.15, -0.1) is 6.58 Å². The molecular formula is C17H23N4O2S+. The highest BCUT2D eigenvalue weighted by Gasteiger charge is 2.22. The van der Waals surface area contributed by atoms with Crippen molar-refractivity contribution in [2.24, 2.45) is 0 Å². The lowest BCUT2D eigenvalue weighted by molar-refractivity contribution is -0.939. The number of nitrogens with zero attached hydrogens (tertiary/aromatic N) is 3. The third-order valence-electron chi connectivity index (χ3n) is 4.39. The molecule has 1 aromatic heterocycles. The van der Waals surface area contributed by atoms with Crippen molar-refractivity contribution in [2.75, 3.05) is 20.8 Å². The molecule has 0 amide bonds. The molecule has 1 N–H and O–H groups in total. The zero-order chi connectivity index (χ0) is 17.1. The van der Waals surface area contributed by atoms with Crippen LogP contribution < -0.4 is 14.4 Å². The summed E-state index contributed by atoms with van der Waals surface area (Å²) in [6.45, 7) is 7.16. The normalized spacial score (nSPS) is 16.5. The second-order valence-electron chi connectivity index (χ2n) is 5.91. The molecule has 0 aliphatic carbocycles. The summed E-state index contributed by atoms with van der Waals surface area (Å²) in [7, 11) is 3.34. The van der Waals surface area contributed by atoms with Crippen LogP contribution in [0.1, 0.15) is 11.1 Å². The van der Waals surface area contributed by atoms with E-state index in [1.165, 1.54) is 16.0 Å². The standard InChI is InChI=1S/C17H22N4O2S/c1-4-6-20-11-18-21(17(20)24)12-19-7-5-13-8-15(22-2)16(23-3)9-14(13)10-19/h4,8-9,11H,1,5-7,10,12H2,2-3H3/p+1. The Morgan fingerprint density at radius 1 is 1.29 bits per heavy atom. The van der Waals surface area contributed by atoms with E-state index in [1.54, 1.807) is 20.5 Å². The first-order chi connectivity index (χ1) is 11.7. The molecule has 0 bridgehead atoms. The van der Waals surface area contributed by atoms with Crippen LogP contribution in [0.15, 0.2) is 31.1 Å². The van der Waals surface area contributed by atoms with Gasteiger partial charge >= 0.3 is 0 Å². The highest BCUT2D eigenvalue weighted by Crippen LogP contribution is 2.31. The van der Waals surface area contributed by atoms with E-state index >= 15 is 0 Å². The molecule has 0 saturated carbocycles. The minimum Gasteiger partial charge on any atom is -0.493 e. The maximum atomic E-state index is 5.48. The maximum absolute atomic E-state index is 5.48. The van der Waals surface area contributed by atoms with Crippen LogP contribution in [-0.4, -0.2) is 35.1 Å². The second-order valence-corrected chi connectivity index (χ2v) is 6.28. The average Bonchev–Trinajstić information content (AvgIpc) is 2.94. The molecule has 7 heteroatoms. The summed E-state index contributed by atoms with van der Waals surface area (Å²) in [4.78, 5) is 1.43. The van der Waals surface area contributed by atoms with Gasteiger partial charge in [0.15, 0.2) is 18.2 Å². The fourth-order valence-corrected chi connectivity index (χ4v) is 3.35. The third kappa shape index (κ3) is 3.22. The predicted molar refractivity (Wildman–Crippen MR) is 94.0 cm³/mol. The van der Waals surface area contributed by atoms with E-state index in [9.17, 15) is 0 Å². The van der Waals surface area contributed by atoms with Crippen LogP contribution in [0.3, 0.4) is 0 Å². The average molecular weight is 347 g/mol. The Balaban J connectivity index is 1.77. The topological polar surface area (TPSA) is 45.7 Å². The smallest absolute Gasteiger partial charge is 0.202 e. The van der Waals surface area contributed by atoms with E-state index in [0.29, 0.717) is 6.54 Å². The van der Waals surface area contributed by atoms with Gasteiger partial charge in [0, 0.05) is 18.5 Å². The Kier molecular flexibility index (Phi) is 5.01. The molecule has 0 fully saturated rings. The van der Waals surface area contributed by atoms with Crippen molar-refractivity contribution < 1.29 is 14.4 Å². The van der Waals surface area contributed by atoms with Crippen LogP contribution in [0.4, 0.5) is 0 Å². The number of methoxy groups -OCH3 is 2. The number of benzene rings is 1. The molecule has 6 nitrogen and oxygen atoms in total. The number of aromatic nitrogens is 3. The van der Waals surface area contributed by atoms with Gasteiger partial charge in [0.25, 0.3) is 0 Å². The van der Waals surface area contributed by atoms with Gasteiger partial charge < -0.3 is 18.9 Å². The Hall–Kier alpha value is -2.12. The van der Waals surface area contributed by atoms with E-state index in [4.69, 9.17) is 21.7 Å². The molecule has 128 valence electrons. The Morgan fingerprint density at radius 3 is 2.67 bits per heavy atom. The summed E-state index contributed by atoms with van der Waals surface area (Å²) < 4.78 is 15.4. The summed E-state index contributed by atoms with van der Waals surface area (Å²) in [6.07, 6.45) is 4.60. The van der Waals surface area contributed by atoms with Gasteiger partial charge in [0.1, 0.15) is 12.9 Å². The second kappa shape index (κ2) is 7.19. The van der Waals surface area contributed by atoms with Gasteiger partial charge in [-0.2, -0.15) is 9.78 Å². The molecular weight excluding hydrogens is 324 g/mol. The van der Waals surface area contributed by atoms with Gasteiger partial charge in [-0.3, -0.25) is 0 Å². The lowest BCUT2D eigenvalue weighted by atomic mass is 9.99. The number of ether oxygens (including phenoxy) is 2. The summed E-state index contributed by atoms with van der Waals surface area (Å²) in [6, 6.07) is 4.18. The van der Waals surface area contributed by atoms with Crippen LogP contribution in [0, 0.1) is 4.77 Å². The molecule has 2 aromatic rings. The molecule has 1 aromatic carbocycles. The zero-order valence-electron chi connectivity index (χ0n) is 14.1. The minimum atomic E-state index is 0.688. The van der Waals surface area contributed by atoms with Crippen molar-refractivity contribution in [2.45, 2.75) is 26.2 Å². The molecule has 24 heavy (non-hydrogen) atoms. The van der Waals surface area contributed by atoms with Crippen molar-refractivity contribution in [3.63, 3.8) is 0 Å². The zero-order valence-corrected chi connectivity index (χ0v) is 14.9. The molecule has 2 heterocycles. The summed E-state index contributed by atoms with van der Waals surface area (Å²) in [5, 5.41) is 4.41. The number of fused-ring (bicyclic) bond motifs is 1. The van der Waals surface area contributed by atoms with Crippen LogP contribution >= 0.6 is 12.2 Å². The maximum Gasteiger partial charge on any atom is 0.202 e. The van der Waals surface area contributed by atoms with Crippen LogP contribution in [0.2, 0.25) is 0 Å². The fourth-order valence-electron chi connectivity index (χ4n) is 3.12. The first kappa shape index (κ1) is 16.7. The van der Waals surface area contributed by atoms with Gasteiger partial charge in [0.2, 0.25) is 4.77 Å². The summed E-state index contributed by atoms with van der Waals surface area (Å²) >= 11 is 5.48. The number of hydrogen-bond acceptors (Lipinski definition) is 4. The number of quaternary nitrogens is 1. The van der Waals surface area contributed by atoms with Crippen molar-refractivity contribution in [3.8, 4) is 11.5 Å². The van der Waals surface area contributed by atoms with Gasteiger partial charge in [-0.25, -0.2) is 0 Å². The summed E-state index contributed by atoms with van der Waals surface area (Å²) in [5.74, 6) is 1.58. The van der Waals surface area contributed by atoms with Crippen molar-refractivity contribution in [1.82, 2.24) is 14.3 Å². The highest BCUT2D eigenvalue weighted by molar-refractivity contribution is 7.71. The van der Waals surface area contributed by atoms with Crippen LogP contribution in [0.5, 0.6) is 11.5 Å². The van der Waals surface area contributed by atoms with Gasteiger partial charge in [0.05, 0.1) is 20.8 Å². The number of nitrogens with one attached hydrogen (secondary N) is 1. The number of rotatable bonds is 6. The van der Waals surface area contributed by atoms with E-state index in [1.807, 2.05) is 15.3 Å².